The first-order valence-electron chi connectivity index (χ1n) is 5.19. The molecule has 1 unspecified atom stereocenters. The van der Waals surface area contributed by atoms with Gasteiger partial charge in [-0.15, -0.1) is 0 Å². The Labute approximate surface area is 75.1 Å². The van der Waals surface area contributed by atoms with Crippen LogP contribution in [-0.2, 0) is 0 Å². The van der Waals surface area contributed by atoms with Gasteiger partial charge in [-0.1, -0.05) is 13.8 Å². The summed E-state index contributed by atoms with van der Waals surface area (Å²) in [5.41, 5.74) is 0.535. The minimum atomic E-state index is 0.535. The molecule has 1 aliphatic carbocycles. The molecule has 1 heterocycles. The van der Waals surface area contributed by atoms with Gasteiger partial charge in [-0.25, -0.2) is 0 Å². The Morgan fingerprint density at radius 1 is 1.42 bits per heavy atom. The van der Waals surface area contributed by atoms with Crippen molar-refractivity contribution in [1.29, 1.82) is 0 Å². The number of rotatable bonds is 2. The fraction of sp³-hybridized carbons (Fsp3) is 1.00. The first-order valence-corrected chi connectivity index (χ1v) is 5.19. The van der Waals surface area contributed by atoms with Crippen LogP contribution in [0, 0.1) is 5.92 Å². The van der Waals surface area contributed by atoms with Gasteiger partial charge in [-0.2, -0.15) is 0 Å². The van der Waals surface area contributed by atoms with E-state index in [1.54, 1.807) is 0 Å². The van der Waals surface area contributed by atoms with E-state index in [-0.39, 0.29) is 0 Å². The summed E-state index contributed by atoms with van der Waals surface area (Å²) < 4.78 is 0. The van der Waals surface area contributed by atoms with Crippen molar-refractivity contribution >= 4 is 0 Å². The summed E-state index contributed by atoms with van der Waals surface area (Å²) in [6.45, 7) is 6.97. The molecule has 1 saturated heterocycles. The fourth-order valence-corrected chi connectivity index (χ4v) is 2.05. The van der Waals surface area contributed by atoms with Crippen LogP contribution >= 0.6 is 0 Å². The highest BCUT2D eigenvalue weighted by Gasteiger charge is 2.44. The third-order valence-corrected chi connectivity index (χ3v) is 3.06. The first kappa shape index (κ1) is 8.52. The molecule has 2 rings (SSSR count). The fourth-order valence-electron chi connectivity index (χ4n) is 2.05. The van der Waals surface area contributed by atoms with Crippen LogP contribution in [0.3, 0.4) is 0 Å². The second-order valence-corrected chi connectivity index (χ2v) is 4.87. The van der Waals surface area contributed by atoms with E-state index in [2.05, 4.69) is 24.5 Å². The lowest BCUT2D eigenvalue weighted by Gasteiger charge is -2.32. The first-order chi connectivity index (χ1) is 5.70. The molecule has 2 aliphatic rings. The van der Waals surface area contributed by atoms with Gasteiger partial charge in [0.25, 0.3) is 0 Å². The lowest BCUT2D eigenvalue weighted by molar-refractivity contribution is 0.300. The Balaban J connectivity index is 1.74. The molecule has 2 nitrogen and oxygen atoms in total. The third kappa shape index (κ3) is 1.80. The van der Waals surface area contributed by atoms with Crippen LogP contribution in [0.15, 0.2) is 0 Å². The third-order valence-electron chi connectivity index (χ3n) is 3.06. The Morgan fingerprint density at radius 3 is 2.58 bits per heavy atom. The lowest BCUT2D eigenvalue weighted by Crippen LogP contribution is -2.56. The van der Waals surface area contributed by atoms with Crippen molar-refractivity contribution < 1.29 is 0 Å². The lowest BCUT2D eigenvalue weighted by atomic mass is 10.0. The highest BCUT2D eigenvalue weighted by molar-refractivity contribution is 5.07. The number of hydrogen-bond donors (Lipinski definition) is 2. The number of hydrogen-bond acceptors (Lipinski definition) is 2. The zero-order chi connectivity index (χ0) is 8.60. The summed E-state index contributed by atoms with van der Waals surface area (Å²) >= 11 is 0. The van der Waals surface area contributed by atoms with Crippen LogP contribution in [0.1, 0.15) is 33.1 Å². The van der Waals surface area contributed by atoms with Crippen molar-refractivity contribution in [3.8, 4) is 0 Å². The van der Waals surface area contributed by atoms with Crippen LogP contribution in [0.4, 0.5) is 0 Å². The van der Waals surface area contributed by atoms with Crippen molar-refractivity contribution in [2.45, 2.75) is 44.7 Å². The second-order valence-electron chi connectivity index (χ2n) is 4.87. The van der Waals surface area contributed by atoms with E-state index in [0.717, 1.165) is 12.0 Å². The van der Waals surface area contributed by atoms with Gasteiger partial charge in [0, 0.05) is 24.7 Å². The predicted molar refractivity (Wildman–Crippen MR) is 51.2 cm³/mol. The van der Waals surface area contributed by atoms with Gasteiger partial charge in [0.2, 0.25) is 0 Å². The van der Waals surface area contributed by atoms with Gasteiger partial charge in [-0.05, 0) is 25.2 Å². The van der Waals surface area contributed by atoms with Crippen molar-refractivity contribution in [2.75, 3.05) is 13.1 Å². The monoisotopic (exact) mass is 168 g/mol. The zero-order valence-corrected chi connectivity index (χ0v) is 8.19. The average Bonchev–Trinajstić information content (AvgIpc) is 2.75. The van der Waals surface area contributed by atoms with Gasteiger partial charge in [0.1, 0.15) is 0 Å². The quantitative estimate of drug-likeness (QED) is 0.646. The topological polar surface area (TPSA) is 24.1 Å². The van der Waals surface area contributed by atoms with E-state index >= 15 is 0 Å². The van der Waals surface area contributed by atoms with Gasteiger partial charge in [0.05, 0.1) is 0 Å². The van der Waals surface area contributed by atoms with E-state index in [4.69, 9.17) is 0 Å². The molecule has 0 aromatic carbocycles. The largest absolute Gasteiger partial charge is 0.311 e. The van der Waals surface area contributed by atoms with Crippen LogP contribution in [-0.4, -0.2) is 24.7 Å². The Kier molecular flexibility index (Phi) is 2.13. The van der Waals surface area contributed by atoms with E-state index in [1.807, 2.05) is 0 Å². The van der Waals surface area contributed by atoms with Crippen LogP contribution in [0.5, 0.6) is 0 Å². The maximum Gasteiger partial charge on any atom is 0.0308 e. The summed E-state index contributed by atoms with van der Waals surface area (Å²) in [5, 5.41) is 7.30. The maximum absolute atomic E-state index is 3.66. The Morgan fingerprint density at radius 2 is 2.17 bits per heavy atom. The molecule has 70 valence electrons. The summed E-state index contributed by atoms with van der Waals surface area (Å²) in [7, 11) is 0. The summed E-state index contributed by atoms with van der Waals surface area (Å²) in [4.78, 5) is 0. The summed E-state index contributed by atoms with van der Waals surface area (Å²) in [5.74, 6) is 0.817. The molecule has 1 spiro atoms. The molecule has 1 saturated carbocycles. The van der Waals surface area contributed by atoms with E-state index in [9.17, 15) is 0 Å². The molecular weight excluding hydrogens is 148 g/mol. The minimum absolute atomic E-state index is 0.535. The standard InChI is InChI=1S/C10H20N2/c1-8(2)5-9-6-12-10(3-4-10)7-11-9/h8-9,11-12H,3-7H2,1-2H3. The molecule has 0 aromatic heterocycles. The van der Waals surface area contributed by atoms with Crippen LogP contribution in [0.25, 0.3) is 0 Å². The summed E-state index contributed by atoms with van der Waals surface area (Å²) in [6.07, 6.45) is 4.08. The normalized spacial score (nSPS) is 32.8. The van der Waals surface area contributed by atoms with Crippen LogP contribution in [0.2, 0.25) is 0 Å². The van der Waals surface area contributed by atoms with Gasteiger partial charge >= 0.3 is 0 Å². The predicted octanol–water partition coefficient (Wildman–Crippen LogP) is 1.13. The van der Waals surface area contributed by atoms with Crippen LogP contribution < -0.4 is 10.6 Å². The second kappa shape index (κ2) is 3.00. The van der Waals surface area contributed by atoms with Gasteiger partial charge in [0.15, 0.2) is 0 Å². The summed E-state index contributed by atoms with van der Waals surface area (Å²) in [6, 6.07) is 0.719. The molecule has 0 aromatic rings. The highest BCUT2D eigenvalue weighted by Crippen LogP contribution is 2.36. The molecule has 1 atom stereocenters. The molecule has 0 amide bonds. The molecular formula is C10H20N2. The maximum atomic E-state index is 3.66. The van der Waals surface area contributed by atoms with Gasteiger partial charge in [-0.3, -0.25) is 0 Å². The van der Waals surface area contributed by atoms with Crippen molar-refractivity contribution in [2.24, 2.45) is 5.92 Å². The smallest absolute Gasteiger partial charge is 0.0308 e. The molecule has 1 aliphatic heterocycles. The Bertz CT molecular complexity index is 151. The van der Waals surface area contributed by atoms with Crippen molar-refractivity contribution in [1.82, 2.24) is 10.6 Å². The van der Waals surface area contributed by atoms with Crippen molar-refractivity contribution in [3.05, 3.63) is 0 Å². The number of piperazine rings is 1. The molecule has 2 fully saturated rings. The average molecular weight is 168 g/mol. The minimum Gasteiger partial charge on any atom is -0.311 e. The molecule has 0 bridgehead atoms. The molecule has 2 N–H and O–H groups in total. The Hall–Kier alpha value is -0.0800. The van der Waals surface area contributed by atoms with Gasteiger partial charge < -0.3 is 10.6 Å². The number of nitrogens with one attached hydrogen (secondary N) is 2. The van der Waals surface area contributed by atoms with Crippen molar-refractivity contribution in [3.63, 3.8) is 0 Å². The van der Waals surface area contributed by atoms with E-state index in [0.29, 0.717) is 5.54 Å². The molecule has 12 heavy (non-hydrogen) atoms. The zero-order valence-electron chi connectivity index (χ0n) is 8.19. The SMILES string of the molecule is CC(C)CC1CNC2(CC2)CN1. The molecule has 2 heteroatoms. The van der Waals surface area contributed by atoms with E-state index in [1.165, 1.54) is 32.4 Å². The van der Waals surface area contributed by atoms with E-state index < -0.39 is 0 Å². The molecule has 0 radical (unpaired) electrons. The highest BCUT2D eigenvalue weighted by atomic mass is 15.2.